The topological polar surface area (TPSA) is 9.23 Å². The fourth-order valence-electron chi connectivity index (χ4n) is 4.76. The van der Waals surface area contributed by atoms with Gasteiger partial charge in [0.05, 0.1) is 12.0 Å². The van der Waals surface area contributed by atoms with Gasteiger partial charge in [0.15, 0.2) is 0 Å². The molecule has 0 aromatic heterocycles. The first-order valence-corrected chi connectivity index (χ1v) is 9.43. The molecule has 0 spiro atoms. The van der Waals surface area contributed by atoms with Crippen LogP contribution in [0.15, 0.2) is 72.8 Å². The maximum absolute atomic E-state index is 5.87. The molecule has 0 aliphatic heterocycles. The summed E-state index contributed by atoms with van der Waals surface area (Å²) in [5.41, 5.74) is 6.54. The predicted molar refractivity (Wildman–Crippen MR) is 109 cm³/mol. The van der Waals surface area contributed by atoms with Gasteiger partial charge in [-0.1, -0.05) is 81.4 Å². The molecule has 0 radical (unpaired) electrons. The highest BCUT2D eigenvalue weighted by Crippen LogP contribution is 2.60. The highest BCUT2D eigenvalue weighted by Gasteiger charge is 2.52. The molecule has 0 N–H and O–H groups in total. The van der Waals surface area contributed by atoms with Crippen molar-refractivity contribution < 1.29 is 4.74 Å². The molecule has 0 bridgehead atoms. The number of fused-ring (bicyclic) bond motifs is 3. The van der Waals surface area contributed by atoms with Gasteiger partial charge >= 0.3 is 0 Å². The number of hydrogen-bond acceptors (Lipinski definition) is 1. The van der Waals surface area contributed by atoms with Crippen molar-refractivity contribution in [3.8, 4) is 16.9 Å². The summed E-state index contributed by atoms with van der Waals surface area (Å²) in [6.07, 6.45) is 0. The first-order chi connectivity index (χ1) is 12.5. The molecule has 1 atom stereocenters. The zero-order chi connectivity index (χ0) is 18.4. The summed E-state index contributed by atoms with van der Waals surface area (Å²) >= 11 is 0. The Kier molecular flexibility index (Phi) is 3.91. The summed E-state index contributed by atoms with van der Waals surface area (Å²) in [4.78, 5) is 0. The Morgan fingerprint density at radius 2 is 1.42 bits per heavy atom. The monoisotopic (exact) mass is 342 g/mol. The largest absolute Gasteiger partial charge is 0.494 e. The van der Waals surface area contributed by atoms with Crippen molar-refractivity contribution in [2.45, 2.75) is 33.1 Å². The molecule has 1 unspecified atom stereocenters. The number of rotatable bonds is 3. The van der Waals surface area contributed by atoms with E-state index in [-0.39, 0.29) is 10.8 Å². The summed E-state index contributed by atoms with van der Waals surface area (Å²) in [7, 11) is 0. The standard InChI is InChI=1S/C25H26O/c1-5-26-19-15-16-21-20-13-9-10-14-22(20)25(23(21)17-19,24(2,3)4)18-11-7-6-8-12-18/h6-17H,5H2,1-4H3. The average molecular weight is 342 g/mol. The predicted octanol–water partition coefficient (Wildman–Crippen LogP) is 6.45. The third-order valence-electron chi connectivity index (χ3n) is 5.66. The summed E-state index contributed by atoms with van der Waals surface area (Å²) in [6.45, 7) is 9.76. The molecular weight excluding hydrogens is 316 g/mol. The van der Waals surface area contributed by atoms with Gasteiger partial charge in [-0.15, -0.1) is 0 Å². The molecule has 1 aliphatic rings. The van der Waals surface area contributed by atoms with E-state index in [2.05, 4.69) is 93.6 Å². The van der Waals surface area contributed by atoms with E-state index < -0.39 is 0 Å². The second-order valence-electron chi connectivity index (χ2n) is 8.05. The van der Waals surface area contributed by atoms with E-state index in [0.29, 0.717) is 6.61 Å². The molecule has 1 heteroatoms. The van der Waals surface area contributed by atoms with E-state index in [1.807, 2.05) is 6.92 Å². The van der Waals surface area contributed by atoms with Crippen molar-refractivity contribution >= 4 is 0 Å². The number of hydrogen-bond donors (Lipinski definition) is 0. The molecule has 0 heterocycles. The van der Waals surface area contributed by atoms with E-state index in [9.17, 15) is 0 Å². The summed E-state index contributed by atoms with van der Waals surface area (Å²) in [5, 5.41) is 0. The van der Waals surface area contributed by atoms with Crippen LogP contribution in [0.1, 0.15) is 44.4 Å². The third-order valence-corrected chi connectivity index (χ3v) is 5.66. The van der Waals surface area contributed by atoms with E-state index in [1.54, 1.807) is 0 Å². The zero-order valence-corrected chi connectivity index (χ0v) is 16.0. The first-order valence-electron chi connectivity index (χ1n) is 9.43. The van der Waals surface area contributed by atoms with Crippen LogP contribution in [-0.2, 0) is 5.41 Å². The Labute approximate surface area is 156 Å². The second kappa shape index (κ2) is 6.02. The van der Waals surface area contributed by atoms with Gasteiger partial charge in [-0.3, -0.25) is 0 Å². The van der Waals surface area contributed by atoms with Crippen LogP contribution in [0.4, 0.5) is 0 Å². The Bertz CT molecular complexity index is 934. The fraction of sp³-hybridized carbons (Fsp3) is 0.280. The van der Waals surface area contributed by atoms with Gasteiger partial charge in [-0.2, -0.15) is 0 Å². The lowest BCUT2D eigenvalue weighted by Gasteiger charge is -2.44. The van der Waals surface area contributed by atoms with E-state index >= 15 is 0 Å². The van der Waals surface area contributed by atoms with Crippen molar-refractivity contribution in [1.29, 1.82) is 0 Å². The normalized spacial score (nSPS) is 18.3. The van der Waals surface area contributed by atoms with Gasteiger partial charge in [0.25, 0.3) is 0 Å². The van der Waals surface area contributed by atoms with Crippen LogP contribution < -0.4 is 4.74 Å². The molecular formula is C25H26O. The zero-order valence-electron chi connectivity index (χ0n) is 16.0. The fourth-order valence-corrected chi connectivity index (χ4v) is 4.76. The van der Waals surface area contributed by atoms with Crippen molar-refractivity contribution in [2.75, 3.05) is 6.61 Å². The molecule has 1 nitrogen and oxygen atoms in total. The molecule has 132 valence electrons. The molecule has 0 amide bonds. The van der Waals surface area contributed by atoms with Crippen molar-refractivity contribution in [1.82, 2.24) is 0 Å². The van der Waals surface area contributed by atoms with Crippen LogP contribution in [0.3, 0.4) is 0 Å². The molecule has 0 saturated carbocycles. The van der Waals surface area contributed by atoms with Crippen molar-refractivity contribution in [3.05, 3.63) is 89.5 Å². The highest BCUT2D eigenvalue weighted by atomic mass is 16.5. The smallest absolute Gasteiger partial charge is 0.119 e. The third kappa shape index (κ3) is 2.23. The van der Waals surface area contributed by atoms with Gasteiger partial charge in [0, 0.05) is 0 Å². The quantitative estimate of drug-likeness (QED) is 0.532. The Morgan fingerprint density at radius 1 is 0.769 bits per heavy atom. The molecule has 0 fully saturated rings. The van der Waals surface area contributed by atoms with Crippen molar-refractivity contribution in [3.63, 3.8) is 0 Å². The van der Waals surface area contributed by atoms with Crippen LogP contribution >= 0.6 is 0 Å². The van der Waals surface area contributed by atoms with Gasteiger partial charge < -0.3 is 4.74 Å². The lowest BCUT2D eigenvalue weighted by molar-refractivity contribution is 0.276. The van der Waals surface area contributed by atoms with E-state index in [0.717, 1.165) is 5.75 Å². The summed E-state index contributed by atoms with van der Waals surface area (Å²) in [5.74, 6) is 0.948. The first kappa shape index (κ1) is 16.9. The van der Waals surface area contributed by atoms with Crippen molar-refractivity contribution in [2.24, 2.45) is 5.41 Å². The van der Waals surface area contributed by atoms with Crippen LogP contribution in [0.2, 0.25) is 0 Å². The van der Waals surface area contributed by atoms with Crippen LogP contribution in [0.5, 0.6) is 5.75 Å². The average Bonchev–Trinajstić information content (AvgIpc) is 2.93. The highest BCUT2D eigenvalue weighted by molar-refractivity contribution is 5.84. The molecule has 0 saturated heterocycles. The summed E-state index contributed by atoms with van der Waals surface area (Å²) < 4.78 is 5.87. The maximum Gasteiger partial charge on any atom is 0.119 e. The molecule has 4 rings (SSSR count). The van der Waals surface area contributed by atoms with Gasteiger partial charge in [0.1, 0.15) is 5.75 Å². The second-order valence-corrected chi connectivity index (χ2v) is 8.05. The molecule has 3 aromatic carbocycles. The molecule has 26 heavy (non-hydrogen) atoms. The maximum atomic E-state index is 5.87. The van der Waals surface area contributed by atoms with Gasteiger partial charge in [-0.25, -0.2) is 0 Å². The Balaban J connectivity index is 2.13. The molecule has 3 aromatic rings. The number of benzene rings is 3. The lowest BCUT2D eigenvalue weighted by Crippen LogP contribution is -2.40. The minimum Gasteiger partial charge on any atom is -0.494 e. The van der Waals surface area contributed by atoms with E-state index in [4.69, 9.17) is 4.74 Å². The summed E-state index contributed by atoms with van der Waals surface area (Å²) in [6, 6.07) is 26.4. The Hall–Kier alpha value is -2.54. The van der Waals surface area contributed by atoms with Crippen LogP contribution in [0.25, 0.3) is 11.1 Å². The van der Waals surface area contributed by atoms with Gasteiger partial charge in [-0.05, 0) is 52.3 Å². The minimum atomic E-state index is -0.201. The Morgan fingerprint density at radius 3 is 2.12 bits per heavy atom. The number of ether oxygens (including phenoxy) is 1. The molecule has 1 aliphatic carbocycles. The van der Waals surface area contributed by atoms with Crippen LogP contribution in [0, 0.1) is 5.41 Å². The minimum absolute atomic E-state index is 0.000540. The SMILES string of the molecule is CCOc1ccc2c(c1)C(c1ccccc1)(C(C)(C)C)c1ccccc1-2. The lowest BCUT2D eigenvalue weighted by atomic mass is 9.58. The van der Waals surface area contributed by atoms with E-state index in [1.165, 1.54) is 27.8 Å². The van der Waals surface area contributed by atoms with Crippen LogP contribution in [-0.4, -0.2) is 6.61 Å². The van der Waals surface area contributed by atoms with Gasteiger partial charge in [0.2, 0.25) is 0 Å².